The van der Waals surface area contributed by atoms with E-state index in [1.165, 1.54) is 0 Å². The van der Waals surface area contributed by atoms with Crippen molar-refractivity contribution in [1.82, 2.24) is 19.8 Å². The van der Waals surface area contributed by atoms with Crippen LogP contribution in [0.3, 0.4) is 0 Å². The zero-order valence-corrected chi connectivity index (χ0v) is 17.7. The van der Waals surface area contributed by atoms with Crippen LogP contribution in [-0.2, 0) is 6.54 Å². The summed E-state index contributed by atoms with van der Waals surface area (Å²) in [6, 6.07) is 6.78. The highest BCUT2D eigenvalue weighted by atomic mass is 79.9. The number of nitrogens with zero attached hydrogens (tertiary/aromatic N) is 3. The lowest BCUT2D eigenvalue weighted by atomic mass is 10.0. The molecule has 0 radical (unpaired) electrons. The zero-order valence-electron chi connectivity index (χ0n) is 16.1. The van der Waals surface area contributed by atoms with E-state index in [1.54, 1.807) is 0 Å². The number of piperazine rings is 1. The lowest BCUT2D eigenvalue weighted by Crippen LogP contribution is -2.55. The van der Waals surface area contributed by atoms with Crippen LogP contribution in [0.15, 0.2) is 27.5 Å². The van der Waals surface area contributed by atoms with Crippen molar-refractivity contribution in [3.8, 4) is 0 Å². The van der Waals surface area contributed by atoms with Crippen LogP contribution in [0.2, 0.25) is 0 Å². The minimum Gasteiger partial charge on any atom is -0.309 e. The van der Waals surface area contributed by atoms with Crippen molar-refractivity contribution in [3.05, 3.63) is 38.9 Å². The molecule has 0 bridgehead atoms. The largest absolute Gasteiger partial charge is 0.309 e. The van der Waals surface area contributed by atoms with Gasteiger partial charge in [0, 0.05) is 36.2 Å². The van der Waals surface area contributed by atoms with Gasteiger partial charge in [-0.2, -0.15) is 0 Å². The molecule has 2 heterocycles. The number of aromatic nitrogens is 2. The van der Waals surface area contributed by atoms with Crippen LogP contribution in [0.5, 0.6) is 0 Å². The molecule has 1 N–H and O–H groups in total. The SMILES string of the molecule is CCCC(c1nc2cc(Br)ccc2c(=O)n1CC)N1C[C@@H](C)N[C@@H](C)C1. The average Bonchev–Trinajstić information content (AvgIpc) is 2.58. The van der Waals surface area contributed by atoms with Crippen molar-refractivity contribution in [2.24, 2.45) is 0 Å². The molecule has 1 aliphatic heterocycles. The van der Waals surface area contributed by atoms with Crippen LogP contribution >= 0.6 is 15.9 Å². The van der Waals surface area contributed by atoms with Gasteiger partial charge in [-0.1, -0.05) is 29.3 Å². The third-order valence-corrected chi connectivity index (χ3v) is 5.64. The molecule has 1 fully saturated rings. The predicted molar refractivity (Wildman–Crippen MR) is 111 cm³/mol. The molecule has 0 aliphatic carbocycles. The van der Waals surface area contributed by atoms with E-state index >= 15 is 0 Å². The van der Waals surface area contributed by atoms with E-state index in [-0.39, 0.29) is 11.6 Å². The Kier molecular flexibility index (Phi) is 6.15. The molecule has 1 aliphatic rings. The van der Waals surface area contributed by atoms with E-state index in [9.17, 15) is 4.79 Å². The Morgan fingerprint density at radius 3 is 2.58 bits per heavy atom. The van der Waals surface area contributed by atoms with Gasteiger partial charge in [-0.05, 0) is 45.4 Å². The smallest absolute Gasteiger partial charge is 0.261 e. The molecule has 1 unspecified atom stereocenters. The van der Waals surface area contributed by atoms with Gasteiger partial charge in [-0.3, -0.25) is 14.3 Å². The zero-order chi connectivity index (χ0) is 18.8. The molecule has 26 heavy (non-hydrogen) atoms. The maximum atomic E-state index is 13.1. The summed E-state index contributed by atoms with van der Waals surface area (Å²) in [5.74, 6) is 0.909. The first-order chi connectivity index (χ1) is 12.4. The molecule has 1 aromatic heterocycles. The fraction of sp³-hybridized carbons (Fsp3) is 0.600. The summed E-state index contributed by atoms with van der Waals surface area (Å²) in [4.78, 5) is 20.6. The summed E-state index contributed by atoms with van der Waals surface area (Å²) in [6.07, 6.45) is 2.07. The van der Waals surface area contributed by atoms with Crippen molar-refractivity contribution < 1.29 is 0 Å². The number of hydrogen-bond donors (Lipinski definition) is 1. The van der Waals surface area contributed by atoms with Crippen molar-refractivity contribution in [3.63, 3.8) is 0 Å². The van der Waals surface area contributed by atoms with Gasteiger partial charge in [0.1, 0.15) is 5.82 Å². The van der Waals surface area contributed by atoms with E-state index in [0.29, 0.717) is 24.0 Å². The molecule has 142 valence electrons. The van der Waals surface area contributed by atoms with E-state index in [2.05, 4.69) is 46.9 Å². The highest BCUT2D eigenvalue weighted by molar-refractivity contribution is 9.10. The normalized spacial score (nSPS) is 22.7. The van der Waals surface area contributed by atoms with Gasteiger partial charge in [0.2, 0.25) is 0 Å². The Hall–Kier alpha value is -1.24. The summed E-state index contributed by atoms with van der Waals surface area (Å²) in [7, 11) is 0. The van der Waals surface area contributed by atoms with Crippen LogP contribution in [0.4, 0.5) is 0 Å². The first-order valence-corrected chi connectivity index (χ1v) is 10.4. The molecule has 0 saturated carbocycles. The van der Waals surface area contributed by atoms with Crippen LogP contribution in [0.1, 0.15) is 52.4 Å². The van der Waals surface area contributed by atoms with Gasteiger partial charge in [-0.25, -0.2) is 4.98 Å². The minimum absolute atomic E-state index is 0.0670. The van der Waals surface area contributed by atoms with Gasteiger partial charge < -0.3 is 5.32 Å². The molecule has 0 spiro atoms. The lowest BCUT2D eigenvalue weighted by Gasteiger charge is -2.41. The minimum atomic E-state index is 0.0670. The molecular formula is C20H29BrN4O. The fourth-order valence-electron chi connectivity index (χ4n) is 4.14. The molecule has 3 atom stereocenters. The van der Waals surface area contributed by atoms with E-state index in [1.807, 2.05) is 29.7 Å². The third kappa shape index (κ3) is 3.87. The van der Waals surface area contributed by atoms with Crippen LogP contribution < -0.4 is 10.9 Å². The Morgan fingerprint density at radius 1 is 1.27 bits per heavy atom. The first-order valence-electron chi connectivity index (χ1n) is 9.64. The quantitative estimate of drug-likeness (QED) is 0.800. The Labute approximate surface area is 163 Å². The van der Waals surface area contributed by atoms with E-state index in [4.69, 9.17) is 4.98 Å². The van der Waals surface area contributed by atoms with Crippen molar-refractivity contribution in [1.29, 1.82) is 0 Å². The number of nitrogens with one attached hydrogen (secondary N) is 1. The summed E-state index contributed by atoms with van der Waals surface area (Å²) < 4.78 is 2.82. The van der Waals surface area contributed by atoms with Crippen molar-refractivity contribution in [2.75, 3.05) is 13.1 Å². The van der Waals surface area contributed by atoms with Gasteiger partial charge in [0.05, 0.1) is 16.9 Å². The van der Waals surface area contributed by atoms with Gasteiger partial charge >= 0.3 is 0 Å². The molecule has 2 aromatic rings. The fourth-order valence-corrected chi connectivity index (χ4v) is 4.49. The number of benzene rings is 1. The molecule has 6 heteroatoms. The molecule has 5 nitrogen and oxygen atoms in total. The van der Waals surface area contributed by atoms with E-state index in [0.717, 1.165) is 41.7 Å². The maximum Gasteiger partial charge on any atom is 0.261 e. The Bertz CT molecular complexity index is 824. The van der Waals surface area contributed by atoms with E-state index < -0.39 is 0 Å². The number of halogens is 1. The monoisotopic (exact) mass is 420 g/mol. The third-order valence-electron chi connectivity index (χ3n) is 5.15. The number of rotatable bonds is 5. The first kappa shape index (κ1) is 19.5. The Morgan fingerprint density at radius 2 is 1.96 bits per heavy atom. The second-order valence-corrected chi connectivity index (χ2v) is 8.32. The Balaban J connectivity index is 2.13. The van der Waals surface area contributed by atoms with Gasteiger partial charge in [-0.15, -0.1) is 0 Å². The topological polar surface area (TPSA) is 50.2 Å². The summed E-state index contributed by atoms with van der Waals surface area (Å²) in [5.41, 5.74) is 0.846. The van der Waals surface area contributed by atoms with Crippen molar-refractivity contribution in [2.45, 2.75) is 65.2 Å². The summed E-state index contributed by atoms with van der Waals surface area (Å²) in [5, 5.41) is 4.29. The predicted octanol–water partition coefficient (Wildman–Crippen LogP) is 3.70. The molecule has 1 aromatic carbocycles. The maximum absolute atomic E-state index is 13.1. The highest BCUT2D eigenvalue weighted by Crippen LogP contribution is 2.27. The second kappa shape index (κ2) is 8.19. The number of fused-ring (bicyclic) bond motifs is 1. The average molecular weight is 421 g/mol. The van der Waals surface area contributed by atoms with Crippen molar-refractivity contribution >= 4 is 26.8 Å². The highest BCUT2D eigenvalue weighted by Gasteiger charge is 2.30. The van der Waals surface area contributed by atoms with Crippen LogP contribution in [0.25, 0.3) is 10.9 Å². The molecule has 3 rings (SSSR count). The second-order valence-electron chi connectivity index (χ2n) is 7.41. The number of hydrogen-bond acceptors (Lipinski definition) is 4. The van der Waals surface area contributed by atoms with Gasteiger partial charge in [0.25, 0.3) is 5.56 Å². The van der Waals surface area contributed by atoms with Gasteiger partial charge in [0.15, 0.2) is 0 Å². The van der Waals surface area contributed by atoms with Crippen LogP contribution in [-0.4, -0.2) is 39.6 Å². The molecular weight excluding hydrogens is 392 g/mol. The summed E-state index contributed by atoms with van der Waals surface area (Å²) >= 11 is 3.51. The molecule has 1 saturated heterocycles. The lowest BCUT2D eigenvalue weighted by molar-refractivity contribution is 0.109. The van der Waals surface area contributed by atoms with Crippen LogP contribution in [0, 0.1) is 0 Å². The standard InChI is InChI=1S/C20H29BrN4O/c1-5-7-18(24-11-13(3)22-14(4)12-24)19-23-17-10-15(21)8-9-16(17)20(26)25(19)6-2/h8-10,13-14,18,22H,5-7,11-12H2,1-4H3/t13-,14+,18?. The summed E-state index contributed by atoms with van der Waals surface area (Å²) in [6.45, 7) is 11.3. The molecule has 0 amide bonds.